The fraction of sp³-hybridized carbons (Fsp3) is 0.200. The van der Waals surface area contributed by atoms with Crippen molar-refractivity contribution in [2.45, 2.75) is 13.8 Å². The lowest BCUT2D eigenvalue weighted by Crippen LogP contribution is -2.51. The Kier molecular flexibility index (Phi) is 8.46. The van der Waals surface area contributed by atoms with Crippen molar-refractivity contribution in [2.24, 2.45) is 4.99 Å². The molecule has 0 bridgehead atoms. The maximum absolute atomic E-state index is 13.4. The largest absolute Gasteiger partial charge is 0.457 e. The molecule has 0 amide bonds. The third kappa shape index (κ3) is 7.29. The van der Waals surface area contributed by atoms with Crippen molar-refractivity contribution in [3.05, 3.63) is 102 Å². The van der Waals surface area contributed by atoms with E-state index in [1.165, 1.54) is 12.1 Å². The minimum Gasteiger partial charge on any atom is -0.457 e. The number of halogens is 1. The quantitative estimate of drug-likeness (QED) is 0.176. The average molecular weight is 556 g/mol. The molecule has 1 aliphatic heterocycles. The number of guanidine groups is 1. The molecule has 2 N–H and O–H groups in total. The Morgan fingerprint density at radius 2 is 1.45 bits per heavy atom. The molecule has 3 aromatic carbocycles. The molecular formula is C30H30FN7OS. The van der Waals surface area contributed by atoms with Crippen LogP contribution in [0.2, 0.25) is 0 Å². The zero-order valence-electron chi connectivity index (χ0n) is 22.3. The van der Waals surface area contributed by atoms with Crippen LogP contribution in [0.25, 0.3) is 0 Å². The van der Waals surface area contributed by atoms with Gasteiger partial charge in [-0.2, -0.15) is 4.99 Å². The van der Waals surface area contributed by atoms with E-state index >= 15 is 0 Å². The van der Waals surface area contributed by atoms with Gasteiger partial charge < -0.3 is 19.9 Å². The van der Waals surface area contributed by atoms with Gasteiger partial charge in [0.1, 0.15) is 17.3 Å². The lowest BCUT2D eigenvalue weighted by atomic mass is 10.2. The number of benzene rings is 3. The third-order valence-electron chi connectivity index (χ3n) is 6.27. The van der Waals surface area contributed by atoms with E-state index < -0.39 is 0 Å². The Morgan fingerprint density at radius 1 is 0.825 bits per heavy atom. The fourth-order valence-corrected chi connectivity index (χ4v) is 4.57. The van der Waals surface area contributed by atoms with Crippen LogP contribution in [-0.2, 0) is 0 Å². The number of ether oxygens (including phenoxy) is 1. The molecule has 8 nitrogen and oxygen atoms in total. The highest BCUT2D eigenvalue weighted by Crippen LogP contribution is 2.23. The number of aryl methyl sites for hydroxylation is 2. The standard InChI is InChI=1S/C30H30FN7OS/c1-21-20-22(2)33-28(32-21)35-29(38-18-16-37(17-19-38)25-12-8-23(31)9-13-25)36-30(40)34-24-10-14-27(15-11-24)39-26-6-4-3-5-7-26/h3-15,20H,16-19H2,1-2H3,(H2,32,33,34,35,36,40). The van der Waals surface area contributed by atoms with E-state index in [2.05, 4.69) is 30.4 Å². The van der Waals surface area contributed by atoms with E-state index in [4.69, 9.17) is 21.9 Å². The minimum atomic E-state index is -0.242. The number of para-hydroxylation sites is 1. The van der Waals surface area contributed by atoms with Crippen LogP contribution in [0.15, 0.2) is 89.9 Å². The first-order valence-corrected chi connectivity index (χ1v) is 13.4. The minimum absolute atomic E-state index is 0.242. The van der Waals surface area contributed by atoms with Crippen LogP contribution >= 0.6 is 12.2 Å². The maximum Gasteiger partial charge on any atom is 0.229 e. The van der Waals surface area contributed by atoms with Crippen molar-refractivity contribution in [3.63, 3.8) is 0 Å². The molecule has 204 valence electrons. The Labute approximate surface area is 238 Å². The molecule has 1 aromatic heterocycles. The summed E-state index contributed by atoms with van der Waals surface area (Å²) in [6.45, 7) is 6.70. The topological polar surface area (TPSA) is 77.9 Å². The molecule has 5 rings (SSSR count). The molecule has 0 unspecified atom stereocenters. The van der Waals surface area contributed by atoms with Crippen molar-refractivity contribution in [2.75, 3.05) is 41.7 Å². The summed E-state index contributed by atoms with van der Waals surface area (Å²) in [5.41, 5.74) is 3.49. The predicted molar refractivity (Wildman–Crippen MR) is 162 cm³/mol. The summed E-state index contributed by atoms with van der Waals surface area (Å²) in [6, 6.07) is 25.6. The zero-order chi connectivity index (χ0) is 27.9. The van der Waals surface area contributed by atoms with Crippen LogP contribution in [0.1, 0.15) is 11.4 Å². The van der Waals surface area contributed by atoms with Gasteiger partial charge in [-0.25, -0.2) is 14.4 Å². The van der Waals surface area contributed by atoms with E-state index in [9.17, 15) is 4.39 Å². The highest BCUT2D eigenvalue weighted by atomic mass is 32.1. The van der Waals surface area contributed by atoms with Gasteiger partial charge >= 0.3 is 0 Å². The predicted octanol–water partition coefficient (Wildman–Crippen LogP) is 6.01. The number of aliphatic imine (C=N–C) groups is 1. The van der Waals surface area contributed by atoms with Crippen LogP contribution < -0.4 is 20.3 Å². The number of anilines is 3. The van der Waals surface area contributed by atoms with Crippen molar-refractivity contribution in [3.8, 4) is 11.5 Å². The van der Waals surface area contributed by atoms with Gasteiger partial charge in [0.25, 0.3) is 0 Å². The maximum atomic E-state index is 13.4. The fourth-order valence-electron chi connectivity index (χ4n) is 4.37. The lowest BCUT2D eigenvalue weighted by Gasteiger charge is -2.37. The van der Waals surface area contributed by atoms with Gasteiger partial charge in [0.2, 0.25) is 17.0 Å². The number of aromatic nitrogens is 2. The first kappa shape index (κ1) is 27.0. The summed E-state index contributed by atoms with van der Waals surface area (Å²) in [7, 11) is 0. The molecule has 0 aliphatic carbocycles. The summed E-state index contributed by atoms with van der Waals surface area (Å²) in [5, 5.41) is 6.77. The highest BCUT2D eigenvalue weighted by Gasteiger charge is 2.22. The molecule has 4 aromatic rings. The van der Waals surface area contributed by atoms with E-state index in [0.29, 0.717) is 30.1 Å². The van der Waals surface area contributed by atoms with E-state index in [1.54, 1.807) is 12.1 Å². The average Bonchev–Trinajstić information content (AvgIpc) is 2.94. The molecular weight excluding hydrogens is 525 g/mol. The number of hydrogen-bond donors (Lipinski definition) is 2. The van der Waals surface area contributed by atoms with Gasteiger partial charge in [-0.15, -0.1) is 0 Å². The molecule has 0 radical (unpaired) electrons. The second-order valence-electron chi connectivity index (χ2n) is 9.35. The monoisotopic (exact) mass is 555 g/mol. The molecule has 0 spiro atoms. The van der Waals surface area contributed by atoms with Crippen LogP contribution in [0.4, 0.5) is 21.7 Å². The third-order valence-corrected chi connectivity index (χ3v) is 6.46. The van der Waals surface area contributed by atoms with Crippen LogP contribution in [0.5, 0.6) is 11.5 Å². The Morgan fingerprint density at radius 3 is 2.10 bits per heavy atom. The van der Waals surface area contributed by atoms with Crippen molar-refractivity contribution < 1.29 is 9.13 Å². The van der Waals surface area contributed by atoms with E-state index in [0.717, 1.165) is 47.4 Å². The number of nitrogens with zero attached hydrogens (tertiary/aromatic N) is 5. The first-order chi connectivity index (χ1) is 19.4. The summed E-state index contributed by atoms with van der Waals surface area (Å²) < 4.78 is 19.3. The summed E-state index contributed by atoms with van der Waals surface area (Å²) in [6.07, 6.45) is 0. The van der Waals surface area contributed by atoms with Crippen LogP contribution in [-0.4, -0.2) is 52.1 Å². The number of hydrogen-bond acceptors (Lipinski definition) is 5. The molecule has 0 atom stereocenters. The Balaban J connectivity index is 1.29. The van der Waals surface area contributed by atoms with Gasteiger partial charge in [0, 0.05) is 48.9 Å². The number of piperazine rings is 1. The molecule has 1 fully saturated rings. The number of thiocarbonyl (C=S) groups is 1. The zero-order valence-corrected chi connectivity index (χ0v) is 23.2. The van der Waals surface area contributed by atoms with Gasteiger partial charge in [-0.05, 0) is 92.8 Å². The molecule has 1 saturated heterocycles. The highest BCUT2D eigenvalue weighted by molar-refractivity contribution is 7.80. The van der Waals surface area contributed by atoms with E-state index in [-0.39, 0.29) is 5.82 Å². The molecule has 10 heteroatoms. The van der Waals surface area contributed by atoms with Crippen LogP contribution in [0.3, 0.4) is 0 Å². The molecule has 0 saturated carbocycles. The van der Waals surface area contributed by atoms with Gasteiger partial charge in [-0.3, -0.25) is 5.32 Å². The number of nitrogens with one attached hydrogen (secondary N) is 2. The Bertz CT molecular complexity index is 1450. The first-order valence-electron chi connectivity index (χ1n) is 13.0. The van der Waals surface area contributed by atoms with Crippen molar-refractivity contribution >= 4 is 40.6 Å². The number of rotatable bonds is 5. The van der Waals surface area contributed by atoms with Gasteiger partial charge in [-0.1, -0.05) is 18.2 Å². The summed E-state index contributed by atoms with van der Waals surface area (Å²) >= 11 is 5.62. The van der Waals surface area contributed by atoms with Crippen LogP contribution in [0, 0.1) is 19.7 Å². The van der Waals surface area contributed by atoms with Crippen molar-refractivity contribution in [1.82, 2.24) is 14.9 Å². The summed E-state index contributed by atoms with van der Waals surface area (Å²) in [4.78, 5) is 18.1. The lowest BCUT2D eigenvalue weighted by molar-refractivity contribution is 0.385. The normalized spacial score (nSPS) is 13.6. The van der Waals surface area contributed by atoms with Crippen molar-refractivity contribution in [1.29, 1.82) is 0 Å². The van der Waals surface area contributed by atoms with Gasteiger partial charge in [0.05, 0.1) is 0 Å². The van der Waals surface area contributed by atoms with E-state index in [1.807, 2.05) is 74.5 Å². The second-order valence-corrected chi connectivity index (χ2v) is 9.74. The Hall–Kier alpha value is -4.57. The summed E-state index contributed by atoms with van der Waals surface area (Å²) in [5.74, 6) is 2.27. The molecule has 1 aliphatic rings. The second kappa shape index (κ2) is 12.5. The SMILES string of the molecule is Cc1cc(C)nc(N/C(=N/C(=S)Nc2ccc(Oc3ccccc3)cc2)N2CCN(c3ccc(F)cc3)CC2)n1. The molecule has 40 heavy (non-hydrogen) atoms. The molecule has 2 heterocycles. The smallest absolute Gasteiger partial charge is 0.229 e. The van der Waals surface area contributed by atoms with Gasteiger partial charge in [0.15, 0.2) is 0 Å².